The fraction of sp³-hybridized carbons (Fsp3) is 0.700. The molecule has 2 heterocycles. The third-order valence-corrected chi connectivity index (χ3v) is 7.94. The van der Waals surface area contributed by atoms with Crippen molar-refractivity contribution in [3.05, 3.63) is 29.3 Å². The van der Waals surface area contributed by atoms with Gasteiger partial charge in [-0.15, -0.1) is 0 Å². The van der Waals surface area contributed by atoms with Gasteiger partial charge in [-0.1, -0.05) is 12.1 Å². The zero-order valence-electron chi connectivity index (χ0n) is 16.0. The Hall–Kier alpha value is -0.400. The molecule has 146 valence electrons. The monoisotopic (exact) mass is 396 g/mol. The van der Waals surface area contributed by atoms with E-state index >= 15 is 0 Å². The van der Waals surface area contributed by atoms with Gasteiger partial charge in [-0.05, 0) is 30.5 Å². The second-order valence-corrected chi connectivity index (χ2v) is 9.54. The van der Waals surface area contributed by atoms with Crippen molar-refractivity contribution in [1.29, 1.82) is 0 Å². The lowest BCUT2D eigenvalue weighted by atomic mass is 10.0. The standard InChI is InChI=1S/C20H32N2O2S2/c1-16-11-17(3-4-20(16)24-2)12-21-6-7-22(13-18(21)5-8-23)19-14-25-9-10-26-15-19/h3-4,11,18-19,23H,5-10,12-15H2,1-2H3/t18-/m1/s1. The summed E-state index contributed by atoms with van der Waals surface area (Å²) < 4.78 is 5.38. The normalized spacial score (nSPS) is 23.7. The van der Waals surface area contributed by atoms with Crippen LogP contribution in [0.5, 0.6) is 5.75 Å². The molecule has 0 radical (unpaired) electrons. The molecule has 1 aromatic rings. The molecule has 3 rings (SSSR count). The predicted octanol–water partition coefficient (Wildman–Crippen LogP) is 2.72. The molecule has 0 aromatic heterocycles. The van der Waals surface area contributed by atoms with Crippen LogP contribution in [0.15, 0.2) is 18.2 Å². The molecule has 2 fully saturated rings. The van der Waals surface area contributed by atoms with Gasteiger partial charge in [0.25, 0.3) is 0 Å². The molecule has 0 bridgehead atoms. The number of ether oxygens (including phenoxy) is 1. The van der Waals surface area contributed by atoms with Crippen LogP contribution in [0.1, 0.15) is 17.5 Å². The number of nitrogens with zero attached hydrogens (tertiary/aromatic N) is 2. The molecular formula is C20H32N2O2S2. The van der Waals surface area contributed by atoms with E-state index in [2.05, 4.69) is 58.4 Å². The zero-order valence-corrected chi connectivity index (χ0v) is 17.7. The number of aliphatic hydroxyl groups excluding tert-OH is 1. The van der Waals surface area contributed by atoms with Gasteiger partial charge in [0.2, 0.25) is 0 Å². The Labute approximate surface area is 166 Å². The van der Waals surface area contributed by atoms with Gasteiger partial charge in [0.05, 0.1) is 7.11 Å². The van der Waals surface area contributed by atoms with Crippen molar-refractivity contribution in [2.45, 2.75) is 32.0 Å². The molecule has 1 N–H and O–H groups in total. The fourth-order valence-electron chi connectivity index (χ4n) is 3.97. The lowest BCUT2D eigenvalue weighted by Crippen LogP contribution is -2.56. The maximum atomic E-state index is 9.59. The summed E-state index contributed by atoms with van der Waals surface area (Å²) in [6.07, 6.45) is 0.860. The highest BCUT2D eigenvalue weighted by Crippen LogP contribution is 2.25. The summed E-state index contributed by atoms with van der Waals surface area (Å²) in [6, 6.07) is 7.61. The van der Waals surface area contributed by atoms with Crippen molar-refractivity contribution in [3.8, 4) is 5.75 Å². The van der Waals surface area contributed by atoms with E-state index in [0.717, 1.165) is 38.3 Å². The topological polar surface area (TPSA) is 35.9 Å². The number of hydrogen-bond donors (Lipinski definition) is 1. The first kappa shape index (κ1) is 20.3. The highest BCUT2D eigenvalue weighted by atomic mass is 32.2. The van der Waals surface area contributed by atoms with Gasteiger partial charge in [0, 0.05) is 67.9 Å². The van der Waals surface area contributed by atoms with Crippen LogP contribution >= 0.6 is 23.5 Å². The maximum absolute atomic E-state index is 9.59. The van der Waals surface area contributed by atoms with Crippen molar-refractivity contribution in [1.82, 2.24) is 9.80 Å². The van der Waals surface area contributed by atoms with Gasteiger partial charge in [-0.2, -0.15) is 23.5 Å². The van der Waals surface area contributed by atoms with Gasteiger partial charge in [-0.3, -0.25) is 9.80 Å². The predicted molar refractivity (Wildman–Crippen MR) is 114 cm³/mol. The van der Waals surface area contributed by atoms with E-state index in [4.69, 9.17) is 4.74 Å². The zero-order chi connectivity index (χ0) is 18.4. The molecular weight excluding hydrogens is 364 g/mol. The van der Waals surface area contributed by atoms with Crippen LogP contribution < -0.4 is 4.74 Å². The van der Waals surface area contributed by atoms with Crippen molar-refractivity contribution in [2.75, 3.05) is 56.4 Å². The van der Waals surface area contributed by atoms with E-state index in [1.165, 1.54) is 34.1 Å². The molecule has 0 aliphatic carbocycles. The molecule has 0 spiro atoms. The Morgan fingerprint density at radius 3 is 2.62 bits per heavy atom. The first-order valence-corrected chi connectivity index (χ1v) is 11.9. The van der Waals surface area contributed by atoms with Crippen LogP contribution in [-0.4, -0.2) is 83.4 Å². The van der Waals surface area contributed by atoms with Crippen molar-refractivity contribution >= 4 is 23.5 Å². The molecule has 0 unspecified atom stereocenters. The minimum absolute atomic E-state index is 0.269. The number of benzene rings is 1. The van der Waals surface area contributed by atoms with Crippen LogP contribution in [-0.2, 0) is 6.54 Å². The molecule has 2 aliphatic heterocycles. The Kier molecular flexibility index (Phi) is 8.00. The van der Waals surface area contributed by atoms with Crippen LogP contribution in [0, 0.1) is 6.92 Å². The molecule has 0 saturated carbocycles. The van der Waals surface area contributed by atoms with Gasteiger partial charge in [0.1, 0.15) is 5.75 Å². The summed E-state index contributed by atoms with van der Waals surface area (Å²) in [4.78, 5) is 5.24. The minimum Gasteiger partial charge on any atom is -0.496 e. The van der Waals surface area contributed by atoms with E-state index in [0.29, 0.717) is 12.1 Å². The van der Waals surface area contributed by atoms with Crippen molar-refractivity contribution in [2.24, 2.45) is 0 Å². The van der Waals surface area contributed by atoms with E-state index in [9.17, 15) is 5.11 Å². The van der Waals surface area contributed by atoms with Crippen LogP contribution in [0.4, 0.5) is 0 Å². The lowest BCUT2D eigenvalue weighted by Gasteiger charge is -2.44. The summed E-state index contributed by atoms with van der Waals surface area (Å²) in [6.45, 7) is 6.64. The summed E-state index contributed by atoms with van der Waals surface area (Å²) in [5.41, 5.74) is 2.52. The molecule has 1 aromatic carbocycles. The van der Waals surface area contributed by atoms with Crippen LogP contribution in [0.2, 0.25) is 0 Å². The fourth-order valence-corrected chi connectivity index (χ4v) is 6.60. The first-order valence-electron chi connectivity index (χ1n) is 9.59. The van der Waals surface area contributed by atoms with Crippen molar-refractivity contribution in [3.63, 3.8) is 0 Å². The average Bonchev–Trinajstić information content (AvgIpc) is 2.93. The minimum atomic E-state index is 0.269. The number of aryl methyl sites for hydroxylation is 1. The first-order chi connectivity index (χ1) is 12.7. The summed E-state index contributed by atoms with van der Waals surface area (Å²) in [5, 5.41) is 9.59. The van der Waals surface area contributed by atoms with Gasteiger partial charge in [-0.25, -0.2) is 0 Å². The molecule has 6 heteroatoms. The number of rotatable bonds is 6. The lowest BCUT2D eigenvalue weighted by molar-refractivity contribution is 0.0407. The molecule has 2 aliphatic rings. The van der Waals surface area contributed by atoms with E-state index in [-0.39, 0.29) is 6.61 Å². The highest BCUT2D eigenvalue weighted by Gasteiger charge is 2.31. The second-order valence-electron chi connectivity index (χ2n) is 7.24. The summed E-state index contributed by atoms with van der Waals surface area (Å²) in [7, 11) is 1.72. The highest BCUT2D eigenvalue weighted by molar-refractivity contribution is 8.03. The van der Waals surface area contributed by atoms with E-state index in [1.807, 2.05) is 0 Å². The molecule has 1 atom stereocenters. The third kappa shape index (κ3) is 5.32. The Morgan fingerprint density at radius 1 is 1.19 bits per heavy atom. The largest absolute Gasteiger partial charge is 0.496 e. The SMILES string of the molecule is COc1ccc(CN2CCN(C3CSCCSC3)C[C@H]2CCO)cc1C. The van der Waals surface area contributed by atoms with E-state index in [1.54, 1.807) is 7.11 Å². The molecule has 26 heavy (non-hydrogen) atoms. The molecule has 2 saturated heterocycles. The van der Waals surface area contributed by atoms with Gasteiger partial charge < -0.3 is 9.84 Å². The Morgan fingerprint density at radius 2 is 1.96 bits per heavy atom. The Balaban J connectivity index is 1.63. The summed E-state index contributed by atoms with van der Waals surface area (Å²) in [5.74, 6) is 6.05. The second kappa shape index (κ2) is 10.2. The van der Waals surface area contributed by atoms with Gasteiger partial charge >= 0.3 is 0 Å². The quantitative estimate of drug-likeness (QED) is 0.797. The average molecular weight is 397 g/mol. The number of methoxy groups -OCH3 is 1. The number of piperazine rings is 1. The molecule has 4 nitrogen and oxygen atoms in total. The number of thioether (sulfide) groups is 2. The van der Waals surface area contributed by atoms with Gasteiger partial charge in [0.15, 0.2) is 0 Å². The summed E-state index contributed by atoms with van der Waals surface area (Å²) >= 11 is 4.21. The molecule has 0 amide bonds. The van der Waals surface area contributed by atoms with E-state index < -0.39 is 0 Å². The number of hydrogen-bond acceptors (Lipinski definition) is 6. The third-order valence-electron chi connectivity index (χ3n) is 5.45. The smallest absolute Gasteiger partial charge is 0.121 e. The Bertz CT molecular complexity index is 565. The van der Waals surface area contributed by atoms with Crippen LogP contribution in [0.25, 0.3) is 0 Å². The number of aliphatic hydroxyl groups is 1. The van der Waals surface area contributed by atoms with Crippen LogP contribution in [0.3, 0.4) is 0 Å². The maximum Gasteiger partial charge on any atom is 0.121 e. The van der Waals surface area contributed by atoms with Crippen molar-refractivity contribution < 1.29 is 9.84 Å².